The summed E-state index contributed by atoms with van der Waals surface area (Å²) in [5.41, 5.74) is 2.54. The standard InChI is InChI=1S/C18H13ClN2O6S.Sr/c1-9-6-14(15(8-13(9)19)28(25,26)27)20-21-16-11-5-3-2-4-10(11)7-12(17(16)22)18(23)24;/h2-8,20H,1H3,(H,23,24)(H,25,26,27);/q;+2/p-2/b21-16+;. The minimum Gasteiger partial charge on any atom is -0.744 e. The molecule has 0 heterocycles. The second-order valence-electron chi connectivity index (χ2n) is 5.89. The van der Waals surface area contributed by atoms with E-state index in [2.05, 4.69) is 10.5 Å². The number of aryl methyl sites for hydroxylation is 1. The van der Waals surface area contributed by atoms with Crippen molar-refractivity contribution in [3.8, 4) is 0 Å². The molecule has 0 saturated heterocycles. The number of aliphatic carboxylic acids is 1. The Bertz CT molecular complexity index is 1190. The average molecular weight is 506 g/mol. The van der Waals surface area contributed by atoms with Crippen LogP contribution in [0.1, 0.15) is 16.7 Å². The predicted octanol–water partition coefficient (Wildman–Crippen LogP) is 0.704. The summed E-state index contributed by atoms with van der Waals surface area (Å²) in [4.78, 5) is 23.1. The molecule has 0 atom stereocenters. The van der Waals surface area contributed by atoms with Crippen molar-refractivity contribution in [1.82, 2.24) is 0 Å². The quantitative estimate of drug-likeness (QED) is 0.279. The van der Waals surface area contributed by atoms with Gasteiger partial charge in [-0.1, -0.05) is 35.9 Å². The number of hydrazone groups is 1. The van der Waals surface area contributed by atoms with Crippen molar-refractivity contribution >= 4 is 96.4 Å². The number of anilines is 1. The first kappa shape index (κ1) is 23.7. The van der Waals surface area contributed by atoms with E-state index in [0.29, 0.717) is 16.7 Å². The topological polar surface area (TPSA) is 139 Å². The number of halogens is 1. The van der Waals surface area contributed by atoms with Gasteiger partial charge >= 0.3 is 45.5 Å². The number of ketones is 1. The Morgan fingerprint density at radius 3 is 2.48 bits per heavy atom. The summed E-state index contributed by atoms with van der Waals surface area (Å²) in [6, 6.07) is 8.67. The summed E-state index contributed by atoms with van der Waals surface area (Å²) in [5.74, 6) is -2.58. The molecule has 11 heteroatoms. The van der Waals surface area contributed by atoms with E-state index in [1.807, 2.05) is 0 Å². The zero-order chi connectivity index (χ0) is 20.6. The van der Waals surface area contributed by atoms with E-state index in [1.165, 1.54) is 12.1 Å². The van der Waals surface area contributed by atoms with Crippen molar-refractivity contribution in [2.24, 2.45) is 5.10 Å². The maximum absolute atomic E-state index is 12.5. The Morgan fingerprint density at radius 1 is 1.21 bits per heavy atom. The summed E-state index contributed by atoms with van der Waals surface area (Å²) in [6.45, 7) is 1.58. The van der Waals surface area contributed by atoms with E-state index in [4.69, 9.17) is 11.6 Å². The molecule has 1 aliphatic carbocycles. The summed E-state index contributed by atoms with van der Waals surface area (Å²) < 4.78 is 34.5. The predicted molar refractivity (Wildman–Crippen MR) is 104 cm³/mol. The van der Waals surface area contributed by atoms with Gasteiger partial charge in [0, 0.05) is 16.2 Å². The van der Waals surface area contributed by atoms with Gasteiger partial charge in [-0.3, -0.25) is 10.2 Å². The van der Waals surface area contributed by atoms with Gasteiger partial charge in [-0.15, -0.1) is 0 Å². The second-order valence-corrected chi connectivity index (χ2v) is 7.64. The number of carboxylic acids is 1. The number of hydrogen-bond donors (Lipinski definition) is 1. The largest absolute Gasteiger partial charge is 2.00 e. The number of carboxylic acid groups (broad SMARTS) is 1. The van der Waals surface area contributed by atoms with Gasteiger partial charge < -0.3 is 14.5 Å². The van der Waals surface area contributed by atoms with Gasteiger partial charge in [0.1, 0.15) is 15.8 Å². The average Bonchev–Trinajstić information content (AvgIpc) is 2.61. The number of carbonyl (C=O) groups excluding carboxylic acids is 2. The Kier molecular flexibility index (Phi) is 7.44. The molecule has 0 bridgehead atoms. The summed E-state index contributed by atoms with van der Waals surface area (Å²) in [7, 11) is -4.89. The molecule has 0 aliphatic heterocycles. The van der Waals surface area contributed by atoms with Crippen LogP contribution in [-0.4, -0.2) is 75.9 Å². The molecule has 2 aromatic rings. The van der Waals surface area contributed by atoms with Crippen LogP contribution < -0.4 is 10.5 Å². The number of nitrogens with one attached hydrogen (secondary N) is 1. The first-order valence-electron chi connectivity index (χ1n) is 7.76. The second kappa shape index (κ2) is 9.09. The molecule has 1 aliphatic rings. The fourth-order valence-corrected chi connectivity index (χ4v) is 3.51. The summed E-state index contributed by atoms with van der Waals surface area (Å²) >= 11 is 5.88. The number of fused-ring (bicyclic) bond motifs is 1. The SMILES string of the molecule is Cc1cc(N/N=C2/C(=O)C(C(=O)[O-])=Cc3ccccc32)c(S(=O)(=O)[O-])cc1Cl.[Sr+2]. The minimum absolute atomic E-state index is 0. The molecule has 1 N–H and O–H groups in total. The Balaban J connectivity index is 0.00000300. The van der Waals surface area contributed by atoms with Crippen molar-refractivity contribution < 1.29 is 27.7 Å². The molecule has 0 fully saturated rings. The van der Waals surface area contributed by atoms with Crippen molar-refractivity contribution in [1.29, 1.82) is 0 Å². The normalized spacial score (nSPS) is 14.7. The van der Waals surface area contributed by atoms with Crippen LogP contribution in [0.15, 0.2) is 52.0 Å². The monoisotopic (exact) mass is 506 g/mol. The van der Waals surface area contributed by atoms with Gasteiger partial charge in [-0.05, 0) is 36.3 Å². The third-order valence-electron chi connectivity index (χ3n) is 4.01. The molecule has 0 spiro atoms. The number of hydrogen-bond acceptors (Lipinski definition) is 8. The first-order chi connectivity index (χ1) is 13.1. The molecular weight excluding hydrogens is 495 g/mol. The number of benzene rings is 2. The maximum atomic E-state index is 12.5. The van der Waals surface area contributed by atoms with Crippen molar-refractivity contribution in [2.45, 2.75) is 11.8 Å². The van der Waals surface area contributed by atoms with Crippen LogP contribution >= 0.6 is 11.6 Å². The van der Waals surface area contributed by atoms with Gasteiger partial charge in [-0.25, -0.2) is 8.42 Å². The van der Waals surface area contributed by atoms with E-state index in [-0.39, 0.29) is 61.9 Å². The summed E-state index contributed by atoms with van der Waals surface area (Å²) in [5, 5.41) is 15.2. The van der Waals surface area contributed by atoms with E-state index >= 15 is 0 Å². The van der Waals surface area contributed by atoms with Crippen molar-refractivity contribution in [2.75, 3.05) is 5.43 Å². The Hall–Kier alpha value is -1.53. The van der Waals surface area contributed by atoms with Crippen LogP contribution in [0.25, 0.3) is 6.08 Å². The Morgan fingerprint density at radius 2 is 1.86 bits per heavy atom. The molecule has 0 saturated carbocycles. The minimum atomic E-state index is -4.89. The number of rotatable bonds is 4. The van der Waals surface area contributed by atoms with Crippen LogP contribution in [-0.2, 0) is 19.7 Å². The van der Waals surface area contributed by atoms with Gasteiger partial charge in [-0.2, -0.15) is 5.10 Å². The van der Waals surface area contributed by atoms with Crippen molar-refractivity contribution in [3.05, 3.63) is 63.7 Å². The third-order valence-corrected chi connectivity index (χ3v) is 5.30. The molecule has 0 aromatic heterocycles. The smallest absolute Gasteiger partial charge is 0.744 e. The van der Waals surface area contributed by atoms with E-state index in [1.54, 1.807) is 31.2 Å². The third kappa shape index (κ3) is 4.97. The maximum Gasteiger partial charge on any atom is 2.00 e. The fraction of sp³-hybridized carbons (Fsp3) is 0.0556. The number of nitrogens with zero attached hydrogens (tertiary/aromatic N) is 1. The fourth-order valence-electron chi connectivity index (χ4n) is 2.65. The molecule has 8 nitrogen and oxygen atoms in total. The van der Waals surface area contributed by atoms with Crippen LogP contribution in [0.4, 0.5) is 5.69 Å². The Labute approximate surface area is 208 Å². The van der Waals surface area contributed by atoms with Gasteiger partial charge in [0.2, 0.25) is 5.78 Å². The number of carbonyl (C=O) groups is 2. The molecule has 0 unspecified atom stereocenters. The van der Waals surface area contributed by atoms with Crippen molar-refractivity contribution in [3.63, 3.8) is 0 Å². The molecule has 29 heavy (non-hydrogen) atoms. The van der Waals surface area contributed by atoms with Gasteiger partial charge in [0.25, 0.3) is 0 Å². The van der Waals surface area contributed by atoms with Crippen LogP contribution in [0.3, 0.4) is 0 Å². The summed E-state index contributed by atoms with van der Waals surface area (Å²) in [6.07, 6.45) is 1.17. The van der Waals surface area contributed by atoms with Crippen LogP contribution in [0.2, 0.25) is 5.02 Å². The number of Topliss-reactive ketones (excluding diaryl/α,β-unsaturated/α-hetero) is 1. The molecule has 0 amide bonds. The molecule has 0 radical (unpaired) electrons. The van der Waals surface area contributed by atoms with E-state index in [9.17, 15) is 27.7 Å². The molecule has 144 valence electrons. The zero-order valence-corrected chi connectivity index (χ0v) is 20.0. The zero-order valence-electron chi connectivity index (χ0n) is 14.9. The van der Waals surface area contributed by atoms with Crippen LogP contribution in [0, 0.1) is 6.92 Å². The van der Waals surface area contributed by atoms with Gasteiger partial charge in [0.05, 0.1) is 16.6 Å². The van der Waals surface area contributed by atoms with E-state index in [0.717, 1.165) is 6.07 Å². The van der Waals surface area contributed by atoms with E-state index < -0.39 is 32.3 Å². The van der Waals surface area contributed by atoms with Gasteiger partial charge in [0.15, 0.2) is 0 Å². The molecule has 3 rings (SSSR count). The molecule has 2 aromatic carbocycles. The van der Waals surface area contributed by atoms with Crippen LogP contribution in [0.5, 0.6) is 0 Å². The molecular formula is C18H11ClN2O6SSr. The first-order valence-corrected chi connectivity index (χ1v) is 9.55.